The van der Waals surface area contributed by atoms with E-state index in [-0.39, 0.29) is 0 Å². The second kappa shape index (κ2) is 3.57. The number of rotatable bonds is 1. The summed E-state index contributed by atoms with van der Waals surface area (Å²) in [5, 5.41) is 10.0. The molecule has 11 heavy (non-hydrogen) atoms. The summed E-state index contributed by atoms with van der Waals surface area (Å²) in [6.07, 6.45) is 2.63. The van der Waals surface area contributed by atoms with E-state index in [4.69, 9.17) is 0 Å². The Balaban J connectivity index is 2.15. The van der Waals surface area contributed by atoms with Crippen molar-refractivity contribution in [1.29, 1.82) is 0 Å². The highest BCUT2D eigenvalue weighted by Crippen LogP contribution is 2.40. The molecule has 1 aromatic heterocycles. The molecule has 1 aliphatic rings. The van der Waals surface area contributed by atoms with Crippen LogP contribution in [0.5, 0.6) is 0 Å². The molecule has 1 aliphatic heterocycles. The first kappa shape index (κ1) is 8.25. The van der Waals surface area contributed by atoms with E-state index in [9.17, 15) is 0 Å². The van der Waals surface area contributed by atoms with E-state index in [1.165, 1.54) is 23.6 Å². The summed E-state index contributed by atoms with van der Waals surface area (Å²) in [5.74, 6) is 1.29. The summed E-state index contributed by atoms with van der Waals surface area (Å²) < 4.78 is 1.06. The molecule has 1 fully saturated rings. The maximum absolute atomic E-state index is 4.14. The SMILES string of the molecule is Ic1nnc(C2CCCS2)s1. The fourth-order valence-corrected chi connectivity index (χ4v) is 3.98. The molecule has 1 atom stereocenters. The van der Waals surface area contributed by atoms with Gasteiger partial charge in [-0.25, -0.2) is 0 Å². The zero-order valence-corrected chi connectivity index (χ0v) is 9.58. The van der Waals surface area contributed by atoms with Gasteiger partial charge in [0.05, 0.1) is 5.25 Å². The Bertz CT molecular complexity index is 244. The van der Waals surface area contributed by atoms with Gasteiger partial charge in [-0.05, 0) is 41.2 Å². The van der Waals surface area contributed by atoms with E-state index in [0.717, 1.165) is 3.01 Å². The number of halogens is 1. The van der Waals surface area contributed by atoms with Crippen molar-refractivity contribution in [2.75, 3.05) is 5.75 Å². The molecular formula is C6H7IN2S2. The maximum atomic E-state index is 4.14. The third-order valence-electron chi connectivity index (χ3n) is 1.62. The predicted molar refractivity (Wildman–Crippen MR) is 57.1 cm³/mol. The van der Waals surface area contributed by atoms with Gasteiger partial charge in [0.15, 0.2) is 3.01 Å². The van der Waals surface area contributed by atoms with Gasteiger partial charge < -0.3 is 0 Å². The summed E-state index contributed by atoms with van der Waals surface area (Å²) in [5.41, 5.74) is 0. The van der Waals surface area contributed by atoms with Crippen LogP contribution in [0.15, 0.2) is 0 Å². The standard InChI is InChI=1S/C6H7IN2S2/c7-6-9-8-5(11-6)4-2-1-3-10-4/h4H,1-3H2. The van der Waals surface area contributed by atoms with Crippen LogP contribution in [0.4, 0.5) is 0 Å². The Morgan fingerprint density at radius 3 is 2.91 bits per heavy atom. The second-order valence-corrected chi connectivity index (χ2v) is 6.47. The molecule has 60 valence electrons. The van der Waals surface area contributed by atoms with Gasteiger partial charge in [-0.15, -0.1) is 10.2 Å². The highest BCUT2D eigenvalue weighted by Gasteiger charge is 2.20. The number of aromatic nitrogens is 2. The molecule has 1 unspecified atom stereocenters. The van der Waals surface area contributed by atoms with Crippen LogP contribution in [0.3, 0.4) is 0 Å². The van der Waals surface area contributed by atoms with Crippen LogP contribution in [0.1, 0.15) is 23.1 Å². The Morgan fingerprint density at radius 1 is 1.45 bits per heavy atom. The van der Waals surface area contributed by atoms with E-state index in [2.05, 4.69) is 32.8 Å². The fraction of sp³-hybridized carbons (Fsp3) is 0.667. The summed E-state index contributed by atoms with van der Waals surface area (Å²) in [6.45, 7) is 0. The number of thioether (sulfide) groups is 1. The van der Waals surface area contributed by atoms with Crippen molar-refractivity contribution >= 4 is 45.7 Å². The lowest BCUT2D eigenvalue weighted by Gasteiger charge is -1.99. The first-order valence-electron chi connectivity index (χ1n) is 3.47. The molecule has 2 heterocycles. The molecule has 0 saturated carbocycles. The molecule has 0 aromatic carbocycles. The Kier molecular flexibility index (Phi) is 2.68. The summed E-state index contributed by atoms with van der Waals surface area (Å²) in [6, 6.07) is 0. The van der Waals surface area contributed by atoms with Gasteiger partial charge in [0.25, 0.3) is 0 Å². The molecule has 1 aromatic rings. The summed E-state index contributed by atoms with van der Waals surface area (Å²) >= 11 is 5.96. The predicted octanol–water partition coefficient (Wildman–Crippen LogP) is 2.71. The van der Waals surface area contributed by atoms with Crippen molar-refractivity contribution in [3.63, 3.8) is 0 Å². The Labute approximate surface area is 87.3 Å². The van der Waals surface area contributed by atoms with Crippen LogP contribution in [0, 0.1) is 3.01 Å². The van der Waals surface area contributed by atoms with Crippen molar-refractivity contribution in [2.45, 2.75) is 18.1 Å². The van der Waals surface area contributed by atoms with Crippen LogP contribution >= 0.6 is 45.7 Å². The summed E-state index contributed by atoms with van der Waals surface area (Å²) in [7, 11) is 0. The van der Waals surface area contributed by atoms with E-state index in [1.807, 2.05) is 11.8 Å². The molecule has 0 N–H and O–H groups in total. The molecule has 2 nitrogen and oxygen atoms in total. The minimum absolute atomic E-state index is 0.649. The Morgan fingerprint density at radius 2 is 2.36 bits per heavy atom. The lowest BCUT2D eigenvalue weighted by atomic mass is 10.3. The number of hydrogen-bond acceptors (Lipinski definition) is 4. The van der Waals surface area contributed by atoms with E-state index in [0.29, 0.717) is 5.25 Å². The average molecular weight is 298 g/mol. The van der Waals surface area contributed by atoms with Gasteiger partial charge in [0, 0.05) is 0 Å². The highest BCUT2D eigenvalue weighted by atomic mass is 127. The third-order valence-corrected chi connectivity index (χ3v) is 4.86. The van der Waals surface area contributed by atoms with Gasteiger partial charge in [0.2, 0.25) is 0 Å². The minimum Gasteiger partial charge on any atom is -0.151 e. The van der Waals surface area contributed by atoms with Gasteiger partial charge >= 0.3 is 0 Å². The monoisotopic (exact) mass is 298 g/mol. The van der Waals surface area contributed by atoms with Crippen molar-refractivity contribution in [2.24, 2.45) is 0 Å². The van der Waals surface area contributed by atoms with E-state index in [1.54, 1.807) is 11.3 Å². The van der Waals surface area contributed by atoms with Gasteiger partial charge in [0.1, 0.15) is 5.01 Å². The van der Waals surface area contributed by atoms with Gasteiger partial charge in [-0.1, -0.05) is 11.3 Å². The largest absolute Gasteiger partial charge is 0.178 e. The molecule has 0 aliphatic carbocycles. The van der Waals surface area contributed by atoms with E-state index < -0.39 is 0 Å². The van der Waals surface area contributed by atoms with Crippen molar-refractivity contribution in [3.8, 4) is 0 Å². The normalized spacial score (nSPS) is 24.3. The van der Waals surface area contributed by atoms with Gasteiger partial charge in [-0.3, -0.25) is 0 Å². The second-order valence-electron chi connectivity index (χ2n) is 2.39. The molecule has 0 spiro atoms. The highest BCUT2D eigenvalue weighted by molar-refractivity contribution is 14.1. The molecule has 2 rings (SSSR count). The smallest absolute Gasteiger partial charge is 0.151 e. The van der Waals surface area contributed by atoms with Crippen LogP contribution < -0.4 is 0 Å². The third kappa shape index (κ3) is 1.86. The minimum atomic E-state index is 0.649. The molecule has 0 radical (unpaired) electrons. The molecule has 1 saturated heterocycles. The zero-order valence-electron chi connectivity index (χ0n) is 5.79. The first-order valence-corrected chi connectivity index (χ1v) is 6.41. The average Bonchev–Trinajstić information content (AvgIpc) is 2.55. The van der Waals surface area contributed by atoms with Crippen LogP contribution in [-0.2, 0) is 0 Å². The first-order chi connectivity index (χ1) is 5.36. The number of hydrogen-bond donors (Lipinski definition) is 0. The van der Waals surface area contributed by atoms with Crippen molar-refractivity contribution < 1.29 is 0 Å². The lowest BCUT2D eigenvalue weighted by molar-refractivity contribution is 0.808. The fourth-order valence-electron chi connectivity index (χ4n) is 1.12. The van der Waals surface area contributed by atoms with Crippen LogP contribution in [-0.4, -0.2) is 16.0 Å². The maximum Gasteiger partial charge on any atom is 0.178 e. The van der Waals surface area contributed by atoms with Crippen LogP contribution in [0.25, 0.3) is 0 Å². The quantitative estimate of drug-likeness (QED) is 0.746. The van der Waals surface area contributed by atoms with Crippen LogP contribution in [0.2, 0.25) is 0 Å². The summed E-state index contributed by atoms with van der Waals surface area (Å²) in [4.78, 5) is 0. The van der Waals surface area contributed by atoms with Gasteiger partial charge in [-0.2, -0.15) is 11.8 Å². The Hall–Kier alpha value is 0.640. The van der Waals surface area contributed by atoms with Crippen molar-refractivity contribution in [1.82, 2.24) is 10.2 Å². The van der Waals surface area contributed by atoms with Crippen molar-refractivity contribution in [3.05, 3.63) is 8.02 Å². The topological polar surface area (TPSA) is 25.8 Å². The van der Waals surface area contributed by atoms with E-state index >= 15 is 0 Å². The zero-order chi connectivity index (χ0) is 7.68. The number of nitrogens with zero attached hydrogens (tertiary/aromatic N) is 2. The molecule has 5 heteroatoms. The molecule has 0 amide bonds. The molecule has 0 bridgehead atoms. The lowest BCUT2D eigenvalue weighted by Crippen LogP contribution is -1.85. The molecular weight excluding hydrogens is 291 g/mol.